The Balaban J connectivity index is 1.74. The van der Waals surface area contributed by atoms with Crippen LogP contribution in [0.2, 0.25) is 0 Å². The average molecular weight is 380 g/mol. The first-order chi connectivity index (χ1) is 13.2. The Morgan fingerprint density at radius 3 is 2.33 bits per heavy atom. The summed E-state index contributed by atoms with van der Waals surface area (Å²) >= 11 is 1.37. The summed E-state index contributed by atoms with van der Waals surface area (Å²) in [6.07, 6.45) is 3.34. The number of rotatable bonds is 5. The summed E-state index contributed by atoms with van der Waals surface area (Å²) in [5, 5.41) is 9.17. The van der Waals surface area contributed by atoms with E-state index in [9.17, 15) is 8.78 Å². The van der Waals surface area contributed by atoms with E-state index >= 15 is 0 Å². The molecule has 0 aliphatic heterocycles. The van der Waals surface area contributed by atoms with Gasteiger partial charge >= 0.3 is 0 Å². The Hall–Kier alpha value is -3.06. The van der Waals surface area contributed by atoms with Gasteiger partial charge in [-0.05, 0) is 48.0 Å². The van der Waals surface area contributed by atoms with Crippen LogP contribution in [0.1, 0.15) is 5.56 Å². The van der Waals surface area contributed by atoms with Crippen LogP contribution in [0.5, 0.6) is 0 Å². The van der Waals surface area contributed by atoms with Crippen LogP contribution in [0.4, 0.5) is 8.78 Å². The van der Waals surface area contributed by atoms with Gasteiger partial charge in [-0.25, -0.2) is 8.78 Å². The molecule has 2 aromatic carbocycles. The molecule has 4 nitrogen and oxygen atoms in total. The minimum Gasteiger partial charge on any atom is -0.270 e. The molecule has 0 spiro atoms. The van der Waals surface area contributed by atoms with Crippen molar-refractivity contribution in [3.05, 3.63) is 90.3 Å². The molecule has 27 heavy (non-hydrogen) atoms. The lowest BCUT2D eigenvalue weighted by molar-refractivity contribution is 0.617. The molecule has 0 saturated heterocycles. The SMILES string of the molecule is Fc1ccc(-n2c(SCc3ccccc3F)nnc2-c2ccncc2)cc1. The maximum atomic E-state index is 13.9. The maximum Gasteiger partial charge on any atom is 0.196 e. The van der Waals surface area contributed by atoms with Crippen LogP contribution in [0, 0.1) is 11.6 Å². The molecule has 0 aliphatic rings. The molecule has 0 aliphatic carbocycles. The third-order valence-electron chi connectivity index (χ3n) is 3.97. The fourth-order valence-corrected chi connectivity index (χ4v) is 3.57. The molecule has 2 aromatic heterocycles. The van der Waals surface area contributed by atoms with E-state index in [0.29, 0.717) is 22.3 Å². The zero-order valence-electron chi connectivity index (χ0n) is 14.1. The standard InChI is InChI=1S/C20H14F2N4S/c21-16-5-7-17(8-6-16)26-19(14-9-11-23-12-10-14)24-25-20(26)27-13-15-3-1-2-4-18(15)22/h1-12H,13H2. The van der Waals surface area contributed by atoms with Crippen molar-refractivity contribution in [1.29, 1.82) is 0 Å². The molecule has 0 bridgehead atoms. The van der Waals surface area contributed by atoms with Crippen LogP contribution in [0.3, 0.4) is 0 Å². The lowest BCUT2D eigenvalue weighted by Gasteiger charge is -2.10. The van der Waals surface area contributed by atoms with E-state index in [1.165, 1.54) is 30.0 Å². The van der Waals surface area contributed by atoms with Gasteiger partial charge in [0.05, 0.1) is 0 Å². The number of hydrogen-bond donors (Lipinski definition) is 0. The van der Waals surface area contributed by atoms with Gasteiger partial charge in [0, 0.05) is 29.4 Å². The van der Waals surface area contributed by atoms with Crippen molar-refractivity contribution in [1.82, 2.24) is 19.7 Å². The first-order valence-electron chi connectivity index (χ1n) is 8.20. The molecular weight excluding hydrogens is 366 g/mol. The van der Waals surface area contributed by atoms with Crippen molar-refractivity contribution in [3.8, 4) is 17.1 Å². The van der Waals surface area contributed by atoms with Crippen molar-refractivity contribution in [2.75, 3.05) is 0 Å². The number of thioether (sulfide) groups is 1. The van der Waals surface area contributed by atoms with Gasteiger partial charge in [0.1, 0.15) is 11.6 Å². The smallest absolute Gasteiger partial charge is 0.196 e. The average Bonchev–Trinajstić information content (AvgIpc) is 3.12. The topological polar surface area (TPSA) is 43.6 Å². The molecule has 7 heteroatoms. The predicted molar refractivity (Wildman–Crippen MR) is 101 cm³/mol. The molecule has 4 rings (SSSR count). The molecule has 0 N–H and O–H groups in total. The highest BCUT2D eigenvalue weighted by Crippen LogP contribution is 2.30. The van der Waals surface area contributed by atoms with Gasteiger partial charge in [-0.15, -0.1) is 10.2 Å². The van der Waals surface area contributed by atoms with Gasteiger partial charge in [-0.2, -0.15) is 0 Å². The first kappa shape index (κ1) is 17.4. The molecule has 2 heterocycles. The van der Waals surface area contributed by atoms with Gasteiger partial charge in [0.15, 0.2) is 11.0 Å². The summed E-state index contributed by atoms with van der Waals surface area (Å²) in [7, 11) is 0. The summed E-state index contributed by atoms with van der Waals surface area (Å²) in [4.78, 5) is 4.02. The minimum absolute atomic E-state index is 0.257. The summed E-state index contributed by atoms with van der Waals surface area (Å²) in [6.45, 7) is 0. The molecule has 0 amide bonds. The van der Waals surface area contributed by atoms with Gasteiger partial charge in [-0.3, -0.25) is 9.55 Å². The van der Waals surface area contributed by atoms with E-state index < -0.39 is 0 Å². The molecule has 4 aromatic rings. The Labute approximate surface area is 158 Å². The number of aromatic nitrogens is 4. The highest BCUT2D eigenvalue weighted by atomic mass is 32.2. The van der Waals surface area contributed by atoms with Crippen LogP contribution in [0.25, 0.3) is 17.1 Å². The van der Waals surface area contributed by atoms with Crippen molar-refractivity contribution in [3.63, 3.8) is 0 Å². The van der Waals surface area contributed by atoms with Gasteiger partial charge < -0.3 is 0 Å². The zero-order valence-corrected chi connectivity index (χ0v) is 14.9. The van der Waals surface area contributed by atoms with Crippen LogP contribution < -0.4 is 0 Å². The molecule has 0 saturated carbocycles. The highest BCUT2D eigenvalue weighted by molar-refractivity contribution is 7.98. The van der Waals surface area contributed by atoms with Crippen LogP contribution in [0.15, 0.2) is 78.2 Å². The van der Waals surface area contributed by atoms with Crippen molar-refractivity contribution in [2.24, 2.45) is 0 Å². The normalized spacial score (nSPS) is 10.9. The third kappa shape index (κ3) is 3.73. The number of benzene rings is 2. The summed E-state index contributed by atoms with van der Waals surface area (Å²) in [5.41, 5.74) is 2.14. The summed E-state index contributed by atoms with van der Waals surface area (Å²) in [6, 6.07) is 16.4. The first-order valence-corrected chi connectivity index (χ1v) is 9.19. The van der Waals surface area contributed by atoms with E-state index in [-0.39, 0.29) is 11.6 Å². The van der Waals surface area contributed by atoms with Crippen molar-refractivity contribution >= 4 is 11.8 Å². The summed E-state index contributed by atoms with van der Waals surface area (Å²) < 4.78 is 29.1. The van der Waals surface area contributed by atoms with Crippen LogP contribution >= 0.6 is 11.8 Å². The second-order valence-electron chi connectivity index (χ2n) is 5.73. The molecule has 0 fully saturated rings. The van der Waals surface area contributed by atoms with Crippen molar-refractivity contribution < 1.29 is 8.78 Å². The summed E-state index contributed by atoms with van der Waals surface area (Å²) in [5.74, 6) is 0.438. The van der Waals surface area contributed by atoms with E-state index in [2.05, 4.69) is 15.2 Å². The number of nitrogens with zero attached hydrogens (tertiary/aromatic N) is 4. The monoisotopic (exact) mass is 380 g/mol. The fraction of sp³-hybridized carbons (Fsp3) is 0.0500. The van der Waals surface area contributed by atoms with Gasteiger partial charge in [0.2, 0.25) is 0 Å². The lowest BCUT2D eigenvalue weighted by atomic mass is 10.2. The van der Waals surface area contributed by atoms with Crippen molar-refractivity contribution in [2.45, 2.75) is 10.9 Å². The lowest BCUT2D eigenvalue weighted by Crippen LogP contribution is -2.00. The second-order valence-corrected chi connectivity index (χ2v) is 6.68. The predicted octanol–water partition coefficient (Wildman–Crippen LogP) is 4.90. The van der Waals surface area contributed by atoms with E-state index in [1.54, 1.807) is 42.7 Å². The molecule has 0 atom stereocenters. The quantitative estimate of drug-likeness (QED) is 0.462. The third-order valence-corrected chi connectivity index (χ3v) is 4.95. The Morgan fingerprint density at radius 2 is 1.59 bits per heavy atom. The van der Waals surface area contributed by atoms with Crippen LogP contribution in [-0.4, -0.2) is 19.7 Å². The van der Waals surface area contributed by atoms with E-state index in [1.807, 2.05) is 16.7 Å². The molecule has 134 valence electrons. The Kier molecular flexibility index (Phi) is 4.93. The largest absolute Gasteiger partial charge is 0.270 e. The second kappa shape index (κ2) is 7.67. The highest BCUT2D eigenvalue weighted by Gasteiger charge is 2.17. The minimum atomic E-state index is -0.321. The molecule has 0 unspecified atom stereocenters. The van der Waals surface area contributed by atoms with Crippen LogP contribution in [-0.2, 0) is 5.75 Å². The Bertz CT molecular complexity index is 1050. The molecular formula is C20H14F2N4S. The fourth-order valence-electron chi connectivity index (χ4n) is 2.63. The van der Waals surface area contributed by atoms with Gasteiger partial charge in [-0.1, -0.05) is 30.0 Å². The number of hydrogen-bond acceptors (Lipinski definition) is 4. The maximum absolute atomic E-state index is 13.9. The zero-order chi connectivity index (χ0) is 18.6. The Morgan fingerprint density at radius 1 is 0.852 bits per heavy atom. The van der Waals surface area contributed by atoms with E-state index in [4.69, 9.17) is 0 Å². The molecule has 0 radical (unpaired) electrons. The number of halogens is 2. The number of pyridine rings is 1. The van der Waals surface area contributed by atoms with E-state index in [0.717, 1.165) is 11.3 Å². The van der Waals surface area contributed by atoms with Gasteiger partial charge in [0.25, 0.3) is 0 Å².